The summed E-state index contributed by atoms with van der Waals surface area (Å²) < 4.78 is 35.9. The molecule has 38 heavy (non-hydrogen) atoms. The van der Waals surface area contributed by atoms with Gasteiger partial charge in [0.2, 0.25) is 12.3 Å². The predicted molar refractivity (Wildman–Crippen MR) is 139 cm³/mol. The van der Waals surface area contributed by atoms with Crippen LogP contribution in [-0.4, -0.2) is 53.0 Å². The average molecular weight is 636 g/mol. The van der Waals surface area contributed by atoms with E-state index < -0.39 is 53.4 Å². The Morgan fingerprint density at radius 1 is 1.11 bits per heavy atom. The van der Waals surface area contributed by atoms with Crippen LogP contribution in [0.3, 0.4) is 0 Å². The lowest BCUT2D eigenvalue weighted by Gasteiger charge is -2.21. The summed E-state index contributed by atoms with van der Waals surface area (Å²) in [4.78, 5) is 41.2. The zero-order valence-corrected chi connectivity index (χ0v) is 23.1. The number of carbonyl (C=O) groups excluding carboxylic acids is 3. The molecule has 206 valence electrons. The molecule has 1 saturated carbocycles. The van der Waals surface area contributed by atoms with Crippen LogP contribution in [-0.2, 0) is 14.4 Å². The van der Waals surface area contributed by atoms with Gasteiger partial charge in [0.05, 0.1) is 39.2 Å². The van der Waals surface area contributed by atoms with E-state index in [0.29, 0.717) is 10.6 Å². The fraction of sp³-hybridized carbons (Fsp3) is 0.348. The maximum absolute atomic E-state index is 12.9. The van der Waals surface area contributed by atoms with Gasteiger partial charge >= 0.3 is 6.18 Å². The van der Waals surface area contributed by atoms with Crippen molar-refractivity contribution in [2.75, 3.05) is 18.5 Å². The Hall–Kier alpha value is -1.95. The van der Waals surface area contributed by atoms with Crippen LogP contribution in [0.1, 0.15) is 28.8 Å². The number of anilines is 1. The highest BCUT2D eigenvalue weighted by molar-refractivity contribution is 6.53. The largest absolute Gasteiger partial charge is 0.408 e. The minimum absolute atomic E-state index is 0.0290. The summed E-state index contributed by atoms with van der Waals surface area (Å²) in [6.07, 6.45) is -4.77. The third kappa shape index (κ3) is 7.58. The molecule has 3 rings (SSSR count). The van der Waals surface area contributed by atoms with E-state index in [1.165, 1.54) is 25.1 Å². The molecule has 1 aliphatic carbocycles. The van der Waals surface area contributed by atoms with Crippen molar-refractivity contribution in [3.63, 3.8) is 0 Å². The van der Waals surface area contributed by atoms with Crippen molar-refractivity contribution in [3.05, 3.63) is 62.6 Å². The minimum atomic E-state index is -4.65. The second-order valence-electron chi connectivity index (χ2n) is 8.45. The van der Waals surface area contributed by atoms with Crippen molar-refractivity contribution in [1.29, 1.82) is 0 Å². The molecular formula is C23H19Cl5F3N3O4. The average Bonchev–Trinajstić information content (AvgIpc) is 3.40. The van der Waals surface area contributed by atoms with Crippen LogP contribution < -0.4 is 10.6 Å². The Morgan fingerprint density at radius 3 is 2.37 bits per heavy atom. The van der Waals surface area contributed by atoms with E-state index in [-0.39, 0.29) is 32.8 Å². The molecule has 15 heteroatoms. The van der Waals surface area contributed by atoms with Crippen molar-refractivity contribution >= 4 is 81.9 Å². The summed E-state index contributed by atoms with van der Waals surface area (Å²) in [5.74, 6) is -2.59. The van der Waals surface area contributed by atoms with Gasteiger partial charge in [-0.1, -0.05) is 40.9 Å². The number of rotatable bonds is 10. The van der Waals surface area contributed by atoms with E-state index in [1.807, 2.05) is 0 Å². The Labute approximate surface area is 240 Å². The molecule has 3 unspecified atom stereocenters. The van der Waals surface area contributed by atoms with Gasteiger partial charge in [-0.2, -0.15) is 13.2 Å². The molecule has 3 amide bonds. The predicted octanol–water partition coefficient (Wildman–Crippen LogP) is 6.24. The Bertz CT molecular complexity index is 1230. The molecule has 0 spiro atoms. The highest BCUT2D eigenvalue weighted by atomic mass is 35.5. The molecule has 0 aromatic heterocycles. The molecule has 0 heterocycles. The maximum atomic E-state index is 12.9. The van der Waals surface area contributed by atoms with Crippen LogP contribution in [0.15, 0.2) is 36.4 Å². The first-order valence-electron chi connectivity index (χ1n) is 10.8. The summed E-state index contributed by atoms with van der Waals surface area (Å²) in [5, 5.41) is 5.88. The Balaban J connectivity index is 1.63. The SMILES string of the molecule is CC(CON(C=O)CC(F)(F)F)NC(=O)c1cc(NC(=O)C2C(c3ccc(Cl)c(Cl)c3)C2(Cl)Cl)ccc1Cl. The number of hydrogen-bond donors (Lipinski definition) is 2. The standard InChI is InChI=1S/C23H19Cl5F3N3O4/c1-11(8-38-34(10-35)9-22(29,30)31)32-20(36)14-7-13(3-5-15(14)24)33-21(37)19-18(23(19,27)28)12-2-4-16(25)17(26)6-12/h2-7,10-11,18-19H,8-9H2,1H3,(H,32,36)(H,33,37). The first-order valence-corrected chi connectivity index (χ1v) is 12.7. The molecule has 3 atom stereocenters. The van der Waals surface area contributed by atoms with Gasteiger partial charge in [0.15, 0.2) is 0 Å². The van der Waals surface area contributed by atoms with Crippen LogP contribution >= 0.6 is 58.0 Å². The van der Waals surface area contributed by atoms with Crippen LogP contribution in [0.2, 0.25) is 15.1 Å². The summed E-state index contributed by atoms with van der Waals surface area (Å²) in [5.41, 5.74) is 0.814. The molecule has 2 aromatic rings. The van der Waals surface area contributed by atoms with Gasteiger partial charge in [-0.3, -0.25) is 19.2 Å². The second-order valence-corrected chi connectivity index (χ2v) is 11.1. The van der Waals surface area contributed by atoms with Crippen LogP contribution in [0.25, 0.3) is 0 Å². The number of hydrogen-bond acceptors (Lipinski definition) is 4. The van der Waals surface area contributed by atoms with Crippen molar-refractivity contribution in [2.24, 2.45) is 5.92 Å². The van der Waals surface area contributed by atoms with E-state index in [9.17, 15) is 27.6 Å². The molecule has 2 aromatic carbocycles. The number of benzene rings is 2. The van der Waals surface area contributed by atoms with Crippen molar-refractivity contribution < 1.29 is 32.4 Å². The molecule has 1 aliphatic rings. The highest BCUT2D eigenvalue weighted by Crippen LogP contribution is 2.65. The van der Waals surface area contributed by atoms with Gasteiger partial charge in [0.25, 0.3) is 5.91 Å². The first-order chi connectivity index (χ1) is 17.6. The molecule has 1 fully saturated rings. The maximum Gasteiger partial charge on any atom is 0.408 e. The van der Waals surface area contributed by atoms with Gasteiger partial charge in [-0.05, 0) is 42.8 Å². The number of nitrogens with one attached hydrogen (secondary N) is 2. The van der Waals surface area contributed by atoms with Gasteiger partial charge < -0.3 is 10.6 Å². The molecule has 0 aliphatic heterocycles. The zero-order valence-electron chi connectivity index (χ0n) is 19.3. The van der Waals surface area contributed by atoms with Gasteiger partial charge in [-0.25, -0.2) is 5.06 Å². The number of carbonyl (C=O) groups is 3. The molecule has 0 radical (unpaired) electrons. The van der Waals surface area contributed by atoms with Crippen LogP contribution in [0, 0.1) is 5.92 Å². The molecule has 7 nitrogen and oxygen atoms in total. The van der Waals surface area contributed by atoms with Gasteiger partial charge in [-0.15, -0.1) is 23.2 Å². The molecule has 2 N–H and O–H groups in total. The van der Waals surface area contributed by atoms with Gasteiger partial charge in [0, 0.05) is 11.6 Å². The number of nitrogens with zero attached hydrogens (tertiary/aromatic N) is 1. The van der Waals surface area contributed by atoms with E-state index in [4.69, 9.17) is 62.8 Å². The number of alkyl halides is 5. The van der Waals surface area contributed by atoms with Crippen molar-refractivity contribution in [1.82, 2.24) is 10.4 Å². The van der Waals surface area contributed by atoms with Crippen LogP contribution in [0.4, 0.5) is 18.9 Å². The molecular weight excluding hydrogens is 617 g/mol. The van der Waals surface area contributed by atoms with E-state index >= 15 is 0 Å². The zero-order chi connectivity index (χ0) is 28.4. The monoisotopic (exact) mass is 633 g/mol. The minimum Gasteiger partial charge on any atom is -0.347 e. The lowest BCUT2D eigenvalue weighted by Crippen LogP contribution is -2.40. The lowest BCUT2D eigenvalue weighted by molar-refractivity contribution is -0.225. The number of halogens is 8. The number of amides is 3. The van der Waals surface area contributed by atoms with Crippen molar-refractivity contribution in [3.8, 4) is 0 Å². The summed E-state index contributed by atoms with van der Waals surface area (Å²) >= 11 is 30.9. The van der Waals surface area contributed by atoms with Gasteiger partial charge in [0.1, 0.15) is 10.9 Å². The first kappa shape index (κ1) is 30.6. The second kappa shape index (κ2) is 12.1. The Morgan fingerprint density at radius 2 is 1.76 bits per heavy atom. The number of hydroxylamine groups is 2. The lowest BCUT2D eigenvalue weighted by atomic mass is 10.1. The molecule has 0 saturated heterocycles. The Kier molecular flexibility index (Phi) is 9.71. The normalized spacial score (nSPS) is 18.9. The summed E-state index contributed by atoms with van der Waals surface area (Å²) in [6, 6.07) is 8.16. The third-order valence-electron chi connectivity index (χ3n) is 5.44. The topological polar surface area (TPSA) is 87.7 Å². The van der Waals surface area contributed by atoms with E-state index in [2.05, 4.69) is 10.6 Å². The van der Waals surface area contributed by atoms with E-state index in [1.54, 1.807) is 18.2 Å². The highest BCUT2D eigenvalue weighted by Gasteiger charge is 2.67. The summed E-state index contributed by atoms with van der Waals surface area (Å²) in [6.45, 7) is -0.589. The summed E-state index contributed by atoms with van der Waals surface area (Å²) in [7, 11) is 0. The van der Waals surface area contributed by atoms with E-state index in [0.717, 1.165) is 0 Å². The fourth-order valence-corrected chi connectivity index (χ4v) is 4.95. The smallest absolute Gasteiger partial charge is 0.347 e. The van der Waals surface area contributed by atoms with Crippen molar-refractivity contribution in [2.45, 2.75) is 29.4 Å². The quantitative estimate of drug-likeness (QED) is 0.184. The third-order valence-corrected chi connectivity index (χ3v) is 7.45. The molecule has 0 bridgehead atoms. The van der Waals surface area contributed by atoms with Crippen LogP contribution in [0.5, 0.6) is 0 Å². The fourth-order valence-electron chi connectivity index (χ4n) is 3.61.